The lowest BCUT2D eigenvalue weighted by atomic mass is 9.91. The summed E-state index contributed by atoms with van der Waals surface area (Å²) >= 11 is 0. The number of aromatic nitrogens is 2. The Kier molecular flexibility index (Phi) is 2.84. The molecule has 1 aliphatic rings. The van der Waals surface area contributed by atoms with Gasteiger partial charge in [0, 0.05) is 24.8 Å². The van der Waals surface area contributed by atoms with Gasteiger partial charge in [0.05, 0.1) is 5.60 Å². The molecule has 0 spiro atoms. The standard InChI is InChI=1S/C12H19N3O/c1-4-10-6-11(14-9(3)13-10)15-7-12(16,5-2)8-15/h6,16H,4-5,7-8H2,1-3H3. The molecule has 0 bridgehead atoms. The van der Waals surface area contributed by atoms with Crippen LogP contribution in [0.3, 0.4) is 0 Å². The molecule has 1 aromatic heterocycles. The topological polar surface area (TPSA) is 49.2 Å². The fourth-order valence-electron chi connectivity index (χ4n) is 2.01. The van der Waals surface area contributed by atoms with Gasteiger partial charge in [-0.05, 0) is 19.8 Å². The average molecular weight is 221 g/mol. The Balaban J connectivity index is 2.14. The monoisotopic (exact) mass is 221 g/mol. The minimum atomic E-state index is -0.509. The predicted octanol–water partition coefficient (Wildman–Crippen LogP) is 1.31. The third-order valence-electron chi connectivity index (χ3n) is 3.19. The maximum atomic E-state index is 9.96. The summed E-state index contributed by atoms with van der Waals surface area (Å²) in [7, 11) is 0. The Morgan fingerprint density at radius 1 is 1.38 bits per heavy atom. The molecule has 2 rings (SSSR count). The largest absolute Gasteiger partial charge is 0.386 e. The number of hydrogen-bond donors (Lipinski definition) is 1. The van der Waals surface area contributed by atoms with Crippen LogP contribution in [-0.4, -0.2) is 33.8 Å². The van der Waals surface area contributed by atoms with Crippen LogP contribution >= 0.6 is 0 Å². The van der Waals surface area contributed by atoms with Gasteiger partial charge in [0.25, 0.3) is 0 Å². The molecule has 1 aliphatic heterocycles. The minimum absolute atomic E-state index is 0.509. The van der Waals surface area contributed by atoms with Crippen LogP contribution in [0.15, 0.2) is 6.07 Å². The molecule has 1 aromatic rings. The first-order valence-corrected chi connectivity index (χ1v) is 5.88. The zero-order valence-corrected chi connectivity index (χ0v) is 10.2. The van der Waals surface area contributed by atoms with Crippen molar-refractivity contribution in [1.82, 2.24) is 9.97 Å². The number of rotatable bonds is 3. The molecule has 4 heteroatoms. The van der Waals surface area contributed by atoms with Crippen LogP contribution < -0.4 is 4.90 Å². The Morgan fingerprint density at radius 3 is 2.62 bits per heavy atom. The zero-order valence-electron chi connectivity index (χ0n) is 10.2. The van der Waals surface area contributed by atoms with Gasteiger partial charge in [-0.25, -0.2) is 9.97 Å². The highest BCUT2D eigenvalue weighted by Crippen LogP contribution is 2.28. The van der Waals surface area contributed by atoms with E-state index in [4.69, 9.17) is 0 Å². The second-order valence-electron chi connectivity index (χ2n) is 4.55. The van der Waals surface area contributed by atoms with Crippen molar-refractivity contribution in [2.45, 2.75) is 39.2 Å². The van der Waals surface area contributed by atoms with Gasteiger partial charge in [-0.2, -0.15) is 0 Å². The van der Waals surface area contributed by atoms with Crippen molar-refractivity contribution in [3.8, 4) is 0 Å². The molecular weight excluding hydrogens is 202 g/mol. The summed E-state index contributed by atoms with van der Waals surface area (Å²) in [6.07, 6.45) is 1.72. The summed E-state index contributed by atoms with van der Waals surface area (Å²) in [5.41, 5.74) is 0.556. The minimum Gasteiger partial charge on any atom is -0.386 e. The molecule has 0 atom stereocenters. The first-order chi connectivity index (χ1) is 7.56. The van der Waals surface area contributed by atoms with Crippen LogP contribution in [0.25, 0.3) is 0 Å². The molecule has 1 N–H and O–H groups in total. The molecule has 88 valence electrons. The lowest BCUT2D eigenvalue weighted by molar-refractivity contribution is 0.00802. The summed E-state index contributed by atoms with van der Waals surface area (Å²) in [4.78, 5) is 10.9. The third kappa shape index (κ3) is 2.02. The molecule has 0 saturated carbocycles. The van der Waals surface area contributed by atoms with Crippen molar-refractivity contribution < 1.29 is 5.11 Å². The number of β-amino-alcohol motifs (C(OH)–C–C–N with tert-alkyl or cyclic N) is 1. The van der Waals surface area contributed by atoms with E-state index in [0.717, 1.165) is 30.2 Å². The number of aryl methyl sites for hydroxylation is 2. The first-order valence-electron chi connectivity index (χ1n) is 5.88. The van der Waals surface area contributed by atoms with Crippen molar-refractivity contribution in [3.63, 3.8) is 0 Å². The van der Waals surface area contributed by atoms with Crippen molar-refractivity contribution in [3.05, 3.63) is 17.6 Å². The van der Waals surface area contributed by atoms with Crippen molar-refractivity contribution >= 4 is 5.82 Å². The molecule has 4 nitrogen and oxygen atoms in total. The smallest absolute Gasteiger partial charge is 0.132 e. The second kappa shape index (κ2) is 4.01. The summed E-state index contributed by atoms with van der Waals surface area (Å²) in [6.45, 7) is 7.38. The van der Waals surface area contributed by atoms with Crippen LogP contribution in [0.5, 0.6) is 0 Å². The summed E-state index contributed by atoms with van der Waals surface area (Å²) < 4.78 is 0. The number of hydrogen-bond acceptors (Lipinski definition) is 4. The van der Waals surface area contributed by atoms with E-state index < -0.39 is 5.60 Å². The fraction of sp³-hybridized carbons (Fsp3) is 0.667. The summed E-state index contributed by atoms with van der Waals surface area (Å²) in [6, 6.07) is 2.02. The van der Waals surface area contributed by atoms with Crippen LogP contribution in [0.1, 0.15) is 31.8 Å². The highest BCUT2D eigenvalue weighted by Gasteiger charge is 2.40. The molecule has 0 unspecified atom stereocenters. The fourth-order valence-corrected chi connectivity index (χ4v) is 2.01. The highest BCUT2D eigenvalue weighted by atomic mass is 16.3. The third-order valence-corrected chi connectivity index (χ3v) is 3.19. The van der Waals surface area contributed by atoms with Gasteiger partial charge < -0.3 is 10.0 Å². The lowest BCUT2D eigenvalue weighted by Crippen LogP contribution is -2.61. The summed E-state index contributed by atoms with van der Waals surface area (Å²) in [5.74, 6) is 1.75. The molecule has 2 heterocycles. The van der Waals surface area contributed by atoms with Gasteiger partial charge >= 0.3 is 0 Å². The SMILES string of the molecule is CCc1cc(N2CC(O)(CC)C2)nc(C)n1. The van der Waals surface area contributed by atoms with Gasteiger partial charge in [-0.1, -0.05) is 13.8 Å². The number of aliphatic hydroxyl groups is 1. The van der Waals surface area contributed by atoms with Crippen molar-refractivity contribution in [2.24, 2.45) is 0 Å². The second-order valence-corrected chi connectivity index (χ2v) is 4.55. The van der Waals surface area contributed by atoms with Gasteiger partial charge in [0.15, 0.2) is 0 Å². The molecule has 0 radical (unpaired) electrons. The zero-order chi connectivity index (χ0) is 11.8. The van der Waals surface area contributed by atoms with E-state index in [1.165, 1.54) is 0 Å². The normalized spacial score (nSPS) is 18.4. The Hall–Kier alpha value is -1.16. The van der Waals surface area contributed by atoms with Crippen LogP contribution in [-0.2, 0) is 6.42 Å². The van der Waals surface area contributed by atoms with E-state index in [1.807, 2.05) is 19.9 Å². The van der Waals surface area contributed by atoms with E-state index in [0.29, 0.717) is 13.1 Å². The molecule has 0 aliphatic carbocycles. The van der Waals surface area contributed by atoms with E-state index >= 15 is 0 Å². The Morgan fingerprint density at radius 2 is 2.06 bits per heavy atom. The van der Waals surface area contributed by atoms with Gasteiger partial charge in [-0.15, -0.1) is 0 Å². The lowest BCUT2D eigenvalue weighted by Gasteiger charge is -2.46. The Bertz CT molecular complexity index is 386. The summed E-state index contributed by atoms with van der Waals surface area (Å²) in [5, 5.41) is 9.96. The molecule has 1 fully saturated rings. The van der Waals surface area contributed by atoms with Crippen LogP contribution in [0, 0.1) is 6.92 Å². The van der Waals surface area contributed by atoms with Gasteiger partial charge in [0.2, 0.25) is 0 Å². The maximum absolute atomic E-state index is 9.96. The van der Waals surface area contributed by atoms with Gasteiger partial charge in [0.1, 0.15) is 11.6 Å². The highest BCUT2D eigenvalue weighted by molar-refractivity contribution is 5.44. The van der Waals surface area contributed by atoms with Crippen molar-refractivity contribution in [2.75, 3.05) is 18.0 Å². The molecular formula is C12H19N3O. The van der Waals surface area contributed by atoms with Crippen LogP contribution in [0.4, 0.5) is 5.82 Å². The van der Waals surface area contributed by atoms with E-state index in [-0.39, 0.29) is 0 Å². The number of anilines is 1. The quantitative estimate of drug-likeness (QED) is 0.836. The maximum Gasteiger partial charge on any atom is 0.132 e. The van der Waals surface area contributed by atoms with E-state index in [2.05, 4.69) is 21.8 Å². The van der Waals surface area contributed by atoms with E-state index in [1.54, 1.807) is 0 Å². The van der Waals surface area contributed by atoms with Crippen molar-refractivity contribution in [1.29, 1.82) is 0 Å². The molecule has 16 heavy (non-hydrogen) atoms. The van der Waals surface area contributed by atoms with E-state index in [9.17, 15) is 5.11 Å². The Labute approximate surface area is 96.3 Å². The van der Waals surface area contributed by atoms with Crippen LogP contribution in [0.2, 0.25) is 0 Å². The number of nitrogens with zero attached hydrogens (tertiary/aromatic N) is 3. The van der Waals surface area contributed by atoms with Gasteiger partial charge in [-0.3, -0.25) is 0 Å². The first kappa shape index (κ1) is 11.3. The average Bonchev–Trinajstić information content (AvgIpc) is 2.23. The molecule has 0 aromatic carbocycles. The predicted molar refractivity (Wildman–Crippen MR) is 63.6 cm³/mol. The molecule has 0 amide bonds. The molecule has 1 saturated heterocycles.